The summed E-state index contributed by atoms with van der Waals surface area (Å²) in [4.78, 5) is 24.6. The molecule has 6 nitrogen and oxygen atoms in total. The molecule has 6 heteroatoms. The number of carbonyl (C=O) groups is 2. The number of carbonyl (C=O) groups excluding carboxylic acids is 2. The van der Waals surface area contributed by atoms with Crippen molar-refractivity contribution in [3.05, 3.63) is 59.7 Å². The summed E-state index contributed by atoms with van der Waals surface area (Å²) < 4.78 is 5.78. The fourth-order valence-electron chi connectivity index (χ4n) is 3.04. The number of fused-ring (bicyclic) bond motifs is 1. The van der Waals surface area contributed by atoms with Crippen LogP contribution in [-0.4, -0.2) is 17.9 Å². The number of anilines is 1. The van der Waals surface area contributed by atoms with Gasteiger partial charge in [-0.3, -0.25) is 9.59 Å². The molecule has 2 aromatic rings. The standard InChI is InChI=1S/C21H25N3O3/c1-4-17-19(25)24-16-11-10-14(12-18(16)27-17)13(2)23-20(26)21(3,22)15-8-6-5-7-9-15/h5-13,17H,4,22H2,1-3H3,(H,23,26)(H,24,25). The van der Waals surface area contributed by atoms with Gasteiger partial charge in [-0.25, -0.2) is 0 Å². The number of rotatable bonds is 5. The van der Waals surface area contributed by atoms with E-state index in [4.69, 9.17) is 10.5 Å². The second kappa shape index (κ2) is 7.40. The van der Waals surface area contributed by atoms with Crippen LogP contribution in [0.15, 0.2) is 48.5 Å². The van der Waals surface area contributed by atoms with Crippen molar-refractivity contribution in [2.45, 2.75) is 44.9 Å². The molecule has 3 unspecified atom stereocenters. The van der Waals surface area contributed by atoms with Crippen molar-refractivity contribution in [3.8, 4) is 5.75 Å². The average Bonchev–Trinajstić information content (AvgIpc) is 2.67. The maximum Gasteiger partial charge on any atom is 0.265 e. The molecule has 0 aromatic heterocycles. The van der Waals surface area contributed by atoms with E-state index in [-0.39, 0.29) is 17.9 Å². The van der Waals surface area contributed by atoms with E-state index in [1.165, 1.54) is 0 Å². The van der Waals surface area contributed by atoms with Gasteiger partial charge in [0, 0.05) is 0 Å². The van der Waals surface area contributed by atoms with Crippen LogP contribution < -0.4 is 21.1 Å². The number of hydrogen-bond donors (Lipinski definition) is 3. The monoisotopic (exact) mass is 367 g/mol. The number of amides is 2. The molecule has 0 saturated carbocycles. The predicted octanol–water partition coefficient (Wildman–Crippen LogP) is 2.85. The fraction of sp³-hybridized carbons (Fsp3) is 0.333. The predicted molar refractivity (Wildman–Crippen MR) is 104 cm³/mol. The molecule has 3 rings (SSSR count). The van der Waals surface area contributed by atoms with E-state index in [9.17, 15) is 9.59 Å². The van der Waals surface area contributed by atoms with Gasteiger partial charge in [0.1, 0.15) is 11.3 Å². The zero-order valence-corrected chi connectivity index (χ0v) is 15.8. The third-order valence-corrected chi connectivity index (χ3v) is 4.89. The SMILES string of the molecule is CCC1Oc2cc(C(C)NC(=O)C(C)(N)c3ccccc3)ccc2NC1=O. The van der Waals surface area contributed by atoms with Crippen LogP contribution in [0.25, 0.3) is 0 Å². The quantitative estimate of drug-likeness (QED) is 0.757. The van der Waals surface area contributed by atoms with E-state index >= 15 is 0 Å². The van der Waals surface area contributed by atoms with Crippen LogP contribution in [-0.2, 0) is 15.1 Å². The van der Waals surface area contributed by atoms with E-state index in [0.29, 0.717) is 17.9 Å². The Balaban J connectivity index is 1.76. The molecule has 0 spiro atoms. The zero-order valence-electron chi connectivity index (χ0n) is 15.8. The molecule has 0 aliphatic carbocycles. The van der Waals surface area contributed by atoms with Gasteiger partial charge >= 0.3 is 0 Å². The Hall–Kier alpha value is -2.86. The molecular weight excluding hydrogens is 342 g/mol. The third kappa shape index (κ3) is 3.80. The van der Waals surface area contributed by atoms with Crippen LogP contribution in [0.5, 0.6) is 5.75 Å². The molecule has 0 fully saturated rings. The minimum atomic E-state index is -1.14. The maximum atomic E-state index is 12.8. The second-order valence-corrected chi connectivity index (χ2v) is 7.02. The van der Waals surface area contributed by atoms with Crippen molar-refractivity contribution in [2.24, 2.45) is 5.73 Å². The minimum absolute atomic E-state index is 0.138. The lowest BCUT2D eigenvalue weighted by Gasteiger charge is -2.28. The smallest absolute Gasteiger partial charge is 0.265 e. The highest BCUT2D eigenvalue weighted by Crippen LogP contribution is 2.33. The van der Waals surface area contributed by atoms with E-state index < -0.39 is 11.6 Å². The number of hydrogen-bond acceptors (Lipinski definition) is 4. The Labute approximate surface area is 159 Å². The first-order valence-electron chi connectivity index (χ1n) is 9.09. The Morgan fingerprint density at radius 2 is 2.00 bits per heavy atom. The highest BCUT2D eigenvalue weighted by molar-refractivity contribution is 5.97. The summed E-state index contributed by atoms with van der Waals surface area (Å²) in [6, 6.07) is 14.5. The third-order valence-electron chi connectivity index (χ3n) is 4.89. The van der Waals surface area contributed by atoms with E-state index in [1.807, 2.05) is 56.3 Å². The van der Waals surface area contributed by atoms with Gasteiger partial charge in [0.25, 0.3) is 5.91 Å². The van der Waals surface area contributed by atoms with Crippen molar-refractivity contribution in [1.29, 1.82) is 0 Å². The number of nitrogens with one attached hydrogen (secondary N) is 2. The highest BCUT2D eigenvalue weighted by atomic mass is 16.5. The summed E-state index contributed by atoms with van der Waals surface area (Å²) in [5.41, 5.74) is 7.41. The van der Waals surface area contributed by atoms with Gasteiger partial charge in [-0.05, 0) is 43.5 Å². The van der Waals surface area contributed by atoms with Gasteiger partial charge in [0.2, 0.25) is 5.91 Å². The Morgan fingerprint density at radius 1 is 1.30 bits per heavy atom. The van der Waals surface area contributed by atoms with E-state index in [1.54, 1.807) is 13.0 Å². The minimum Gasteiger partial charge on any atom is -0.478 e. The largest absolute Gasteiger partial charge is 0.478 e. The van der Waals surface area contributed by atoms with Gasteiger partial charge in [-0.2, -0.15) is 0 Å². The van der Waals surface area contributed by atoms with Crippen LogP contribution in [0.4, 0.5) is 5.69 Å². The van der Waals surface area contributed by atoms with Gasteiger partial charge in [-0.15, -0.1) is 0 Å². The van der Waals surface area contributed by atoms with Crippen LogP contribution in [0.3, 0.4) is 0 Å². The molecular formula is C21H25N3O3. The summed E-state index contributed by atoms with van der Waals surface area (Å²) in [5.74, 6) is 0.207. The van der Waals surface area contributed by atoms with Crippen molar-refractivity contribution in [3.63, 3.8) is 0 Å². The summed E-state index contributed by atoms with van der Waals surface area (Å²) in [6.07, 6.45) is 0.0905. The van der Waals surface area contributed by atoms with Crippen molar-refractivity contribution in [1.82, 2.24) is 5.32 Å². The van der Waals surface area contributed by atoms with Gasteiger partial charge < -0.3 is 21.1 Å². The number of ether oxygens (including phenoxy) is 1. The van der Waals surface area contributed by atoms with E-state index in [0.717, 1.165) is 11.1 Å². The first-order valence-corrected chi connectivity index (χ1v) is 9.09. The molecule has 1 heterocycles. The van der Waals surface area contributed by atoms with Crippen LogP contribution >= 0.6 is 0 Å². The first kappa shape index (κ1) is 18.9. The lowest BCUT2D eigenvalue weighted by Crippen LogP contribution is -2.49. The molecule has 1 aliphatic heterocycles. The molecule has 0 bridgehead atoms. The maximum absolute atomic E-state index is 12.8. The normalized spacial score (nSPS) is 19.1. The van der Waals surface area contributed by atoms with Crippen molar-refractivity contribution in [2.75, 3.05) is 5.32 Å². The first-order chi connectivity index (χ1) is 12.8. The topological polar surface area (TPSA) is 93.4 Å². The Bertz CT molecular complexity index is 849. The second-order valence-electron chi connectivity index (χ2n) is 7.02. The van der Waals surface area contributed by atoms with Crippen LogP contribution in [0.2, 0.25) is 0 Å². The van der Waals surface area contributed by atoms with Crippen LogP contribution in [0.1, 0.15) is 44.4 Å². The summed E-state index contributed by atoms with van der Waals surface area (Å²) in [5, 5.41) is 5.81. The molecule has 1 aliphatic rings. The molecule has 142 valence electrons. The average molecular weight is 367 g/mol. The Kier molecular flexibility index (Phi) is 5.19. The lowest BCUT2D eigenvalue weighted by molar-refractivity contribution is -0.126. The van der Waals surface area contributed by atoms with E-state index in [2.05, 4.69) is 10.6 Å². The van der Waals surface area contributed by atoms with Crippen LogP contribution in [0, 0.1) is 0 Å². The van der Waals surface area contributed by atoms with Crippen molar-refractivity contribution < 1.29 is 14.3 Å². The highest BCUT2D eigenvalue weighted by Gasteiger charge is 2.32. The molecule has 0 radical (unpaired) electrons. The fourth-order valence-corrected chi connectivity index (χ4v) is 3.04. The lowest BCUT2D eigenvalue weighted by atomic mass is 9.91. The molecule has 0 saturated heterocycles. The zero-order chi connectivity index (χ0) is 19.6. The number of nitrogens with two attached hydrogens (primary N) is 1. The molecule has 2 amide bonds. The summed E-state index contributed by atoms with van der Waals surface area (Å²) in [6.45, 7) is 5.48. The summed E-state index contributed by atoms with van der Waals surface area (Å²) >= 11 is 0. The van der Waals surface area contributed by atoms with Gasteiger partial charge in [0.05, 0.1) is 11.7 Å². The number of benzene rings is 2. The molecule has 3 atom stereocenters. The summed E-state index contributed by atoms with van der Waals surface area (Å²) in [7, 11) is 0. The van der Waals surface area contributed by atoms with Crippen molar-refractivity contribution >= 4 is 17.5 Å². The molecule has 27 heavy (non-hydrogen) atoms. The van der Waals surface area contributed by atoms with Gasteiger partial charge in [-0.1, -0.05) is 43.3 Å². The Morgan fingerprint density at radius 3 is 2.67 bits per heavy atom. The van der Waals surface area contributed by atoms with Gasteiger partial charge in [0.15, 0.2) is 6.10 Å². The molecule has 4 N–H and O–H groups in total. The molecule has 2 aromatic carbocycles.